The normalized spacial score (nSPS) is 15.9. The fourth-order valence-corrected chi connectivity index (χ4v) is 8.32. The van der Waals surface area contributed by atoms with Crippen LogP contribution in [0.15, 0.2) is 10.2 Å². The highest BCUT2D eigenvalue weighted by Gasteiger charge is 2.51. The van der Waals surface area contributed by atoms with E-state index in [9.17, 15) is 24.9 Å². The molecule has 0 radical (unpaired) electrons. The van der Waals surface area contributed by atoms with Gasteiger partial charge in [-0.25, -0.2) is 0 Å². The Hall–Kier alpha value is -2.30. The van der Waals surface area contributed by atoms with Gasteiger partial charge in [-0.3, -0.25) is 9.59 Å². The Morgan fingerprint density at radius 3 is 1.53 bits per heavy atom. The van der Waals surface area contributed by atoms with Gasteiger partial charge in [-0.05, 0) is 55.7 Å². The Labute approximate surface area is 218 Å². The van der Waals surface area contributed by atoms with Gasteiger partial charge in [0.05, 0.1) is 25.4 Å². The molecule has 0 aliphatic carbocycles. The maximum absolute atomic E-state index is 12.3. The van der Waals surface area contributed by atoms with Crippen molar-refractivity contribution in [2.45, 2.75) is 128 Å². The highest BCUT2D eigenvalue weighted by atomic mass is 28.4. The third-order valence-corrected chi connectivity index (χ3v) is 12.5. The maximum atomic E-state index is 12.3. The van der Waals surface area contributed by atoms with E-state index in [0.29, 0.717) is 25.5 Å². The van der Waals surface area contributed by atoms with Crippen LogP contribution in [0.4, 0.5) is 0 Å². The highest BCUT2D eigenvalue weighted by molar-refractivity contribution is 6.78. The minimum absolute atomic E-state index is 0.0150. The van der Waals surface area contributed by atoms with Crippen LogP contribution in [0.2, 0.25) is 16.1 Å². The number of carbonyl (C=O) groups excluding carboxylic acids is 2. The predicted molar refractivity (Wildman–Crippen MR) is 140 cm³/mol. The van der Waals surface area contributed by atoms with Crippen LogP contribution in [0.3, 0.4) is 0 Å². The van der Waals surface area contributed by atoms with Crippen molar-refractivity contribution in [2.75, 3.05) is 13.2 Å². The molecule has 0 saturated carbocycles. The van der Waals surface area contributed by atoms with Gasteiger partial charge in [0, 0.05) is 12.8 Å². The van der Waals surface area contributed by atoms with Gasteiger partial charge in [0.25, 0.3) is 0 Å². The zero-order chi connectivity index (χ0) is 28.3. The summed E-state index contributed by atoms with van der Waals surface area (Å²) < 4.78 is 10.4. The van der Waals surface area contributed by atoms with Crippen molar-refractivity contribution in [3.8, 4) is 12.1 Å². The zero-order valence-corrected chi connectivity index (χ0v) is 24.7. The summed E-state index contributed by atoms with van der Waals surface area (Å²) in [5.74, 6) is -0.865. The van der Waals surface area contributed by atoms with Crippen LogP contribution >= 0.6 is 0 Å². The molecule has 0 saturated heterocycles. The van der Waals surface area contributed by atoms with E-state index in [1.54, 1.807) is 0 Å². The Bertz CT molecular complexity index is 836. The predicted octanol–water partition coefficient (Wildman–Crippen LogP) is 5.99. The Morgan fingerprint density at radius 1 is 0.806 bits per heavy atom. The third kappa shape index (κ3) is 10.8. The fourth-order valence-electron chi connectivity index (χ4n) is 3.92. The van der Waals surface area contributed by atoms with E-state index < -0.39 is 31.3 Å². The minimum Gasteiger partial charge on any atom is -0.466 e. The molecule has 0 aromatic heterocycles. The van der Waals surface area contributed by atoms with Gasteiger partial charge in [0.1, 0.15) is 0 Å². The average Bonchev–Trinajstić information content (AvgIpc) is 2.79. The molecule has 10 heteroatoms. The Kier molecular flexibility index (Phi) is 13.0. The van der Waals surface area contributed by atoms with E-state index in [0.717, 1.165) is 0 Å². The second kappa shape index (κ2) is 13.9. The summed E-state index contributed by atoms with van der Waals surface area (Å²) in [4.78, 5) is 35.5. The van der Waals surface area contributed by atoms with Crippen LogP contribution in [0.1, 0.15) is 101 Å². The lowest BCUT2D eigenvalue weighted by Gasteiger charge is -2.47. The van der Waals surface area contributed by atoms with Crippen molar-refractivity contribution in [3.63, 3.8) is 0 Å². The summed E-state index contributed by atoms with van der Waals surface area (Å²) in [5, 5.41) is 26.8. The molecule has 0 heterocycles. The van der Waals surface area contributed by atoms with Crippen LogP contribution < -0.4 is 0 Å². The number of nitriles is 2. The molecule has 0 amide bonds. The van der Waals surface area contributed by atoms with Gasteiger partial charge in [0.15, 0.2) is 19.4 Å². The number of esters is 2. The topological polar surface area (TPSA) is 145 Å². The molecule has 2 unspecified atom stereocenters. The molecule has 0 aliphatic heterocycles. The molecule has 0 aromatic carbocycles. The van der Waals surface area contributed by atoms with Crippen LogP contribution in [-0.4, -0.2) is 49.3 Å². The summed E-state index contributed by atoms with van der Waals surface area (Å²) >= 11 is 0. The minimum atomic E-state index is -2.65. The molecule has 9 nitrogen and oxygen atoms in total. The molecule has 204 valence electrons. The summed E-state index contributed by atoms with van der Waals surface area (Å²) in [6.45, 7) is 17.8. The number of carbonyl (C=O) groups is 2. The molecular weight excluding hydrogens is 476 g/mol. The summed E-state index contributed by atoms with van der Waals surface area (Å²) in [5.41, 5.74) is -2.60. The number of azo groups is 1. The van der Waals surface area contributed by atoms with Crippen molar-refractivity contribution in [3.05, 3.63) is 0 Å². The van der Waals surface area contributed by atoms with Gasteiger partial charge in [0.2, 0.25) is 0 Å². The van der Waals surface area contributed by atoms with E-state index >= 15 is 0 Å². The summed E-state index contributed by atoms with van der Waals surface area (Å²) in [6, 6.07) is 4.70. The van der Waals surface area contributed by atoms with E-state index in [4.69, 9.17) is 9.47 Å². The highest BCUT2D eigenvalue weighted by Crippen LogP contribution is 2.51. The standard InChI is InChI=1S/C26H46N4O5Si/c1-10-16-34-21(31)12-14-25(8,19-27)29-30-26(9,20-28)15-13-22(32)35-17-11-18-36(33,23(2,3)4)24(5,6)7/h33H,10-18H2,1-9H3. The SMILES string of the molecule is CCCOC(=O)CCC(C)(C#N)N=NC(C)(C#N)CCC(=O)OCCC[Si](O)(C(C)(C)C)C(C)(C)C. The molecule has 0 fully saturated rings. The second-order valence-electron chi connectivity index (χ2n) is 11.9. The molecule has 0 rings (SSSR count). The number of nitrogens with zero attached hydrogens (tertiary/aromatic N) is 4. The number of hydrogen-bond donors (Lipinski definition) is 1. The van der Waals surface area contributed by atoms with Gasteiger partial charge in [-0.2, -0.15) is 20.8 Å². The monoisotopic (exact) mass is 522 g/mol. The van der Waals surface area contributed by atoms with Crippen molar-refractivity contribution >= 4 is 20.3 Å². The quantitative estimate of drug-likeness (QED) is 0.128. The molecule has 0 spiro atoms. The lowest BCUT2D eigenvalue weighted by molar-refractivity contribution is -0.144. The van der Waals surface area contributed by atoms with Gasteiger partial charge < -0.3 is 14.3 Å². The largest absolute Gasteiger partial charge is 0.466 e. The third-order valence-electron chi connectivity index (χ3n) is 6.50. The molecule has 2 atom stereocenters. The van der Waals surface area contributed by atoms with Crippen LogP contribution in [-0.2, 0) is 19.1 Å². The van der Waals surface area contributed by atoms with E-state index in [-0.39, 0.29) is 42.4 Å². The lowest BCUT2D eigenvalue weighted by Crippen LogP contribution is -2.52. The van der Waals surface area contributed by atoms with Crippen molar-refractivity contribution < 1.29 is 23.9 Å². The number of hydrogen-bond acceptors (Lipinski definition) is 9. The van der Waals surface area contributed by atoms with Crippen LogP contribution in [0.5, 0.6) is 0 Å². The Balaban J connectivity index is 4.87. The Morgan fingerprint density at radius 2 is 1.19 bits per heavy atom. The van der Waals surface area contributed by atoms with Crippen LogP contribution in [0, 0.1) is 22.7 Å². The molecule has 0 bridgehead atoms. The first-order valence-electron chi connectivity index (χ1n) is 12.7. The van der Waals surface area contributed by atoms with Crippen molar-refractivity contribution in [2.24, 2.45) is 10.2 Å². The summed E-state index contributed by atoms with van der Waals surface area (Å²) in [7, 11) is -2.65. The molecule has 0 aliphatic rings. The van der Waals surface area contributed by atoms with Gasteiger partial charge in [-0.15, -0.1) is 0 Å². The van der Waals surface area contributed by atoms with E-state index in [2.05, 4.69) is 51.8 Å². The molecule has 0 aromatic rings. The van der Waals surface area contributed by atoms with Gasteiger partial charge in [-0.1, -0.05) is 48.5 Å². The lowest BCUT2D eigenvalue weighted by atomic mass is 9.97. The van der Waals surface area contributed by atoms with E-state index in [1.165, 1.54) is 13.8 Å². The van der Waals surface area contributed by atoms with Gasteiger partial charge >= 0.3 is 11.9 Å². The van der Waals surface area contributed by atoms with Crippen molar-refractivity contribution in [1.82, 2.24) is 0 Å². The maximum Gasteiger partial charge on any atom is 0.305 e. The van der Waals surface area contributed by atoms with Crippen molar-refractivity contribution in [1.29, 1.82) is 10.5 Å². The molecular formula is C26H46N4O5Si. The fraction of sp³-hybridized carbons (Fsp3) is 0.846. The first kappa shape index (κ1) is 33.7. The first-order valence-corrected chi connectivity index (χ1v) is 14.8. The smallest absolute Gasteiger partial charge is 0.305 e. The molecule has 1 N–H and O–H groups in total. The summed E-state index contributed by atoms with van der Waals surface area (Å²) in [6.07, 6.45) is 1.45. The first-order chi connectivity index (χ1) is 16.4. The second-order valence-corrected chi connectivity index (χ2v) is 17.1. The number of ether oxygens (including phenoxy) is 2. The average molecular weight is 523 g/mol. The van der Waals surface area contributed by atoms with E-state index in [1.807, 2.05) is 19.1 Å². The molecule has 36 heavy (non-hydrogen) atoms. The number of rotatable bonds is 14. The zero-order valence-electron chi connectivity index (χ0n) is 23.7. The van der Waals surface area contributed by atoms with Crippen LogP contribution in [0.25, 0.3) is 0 Å².